The summed E-state index contributed by atoms with van der Waals surface area (Å²) >= 11 is 0. The number of aryl methyl sites for hydroxylation is 1. The molecule has 0 aromatic carbocycles. The van der Waals surface area contributed by atoms with E-state index in [4.69, 9.17) is 0 Å². The molecule has 0 saturated heterocycles. The summed E-state index contributed by atoms with van der Waals surface area (Å²) < 4.78 is 1.74. The Morgan fingerprint density at radius 2 is 2.07 bits per heavy atom. The van der Waals surface area contributed by atoms with Crippen LogP contribution in [-0.4, -0.2) is 51.4 Å². The number of nitrogens with one attached hydrogen (secondary N) is 3. The lowest BCUT2D eigenvalue weighted by Gasteiger charge is -2.23. The summed E-state index contributed by atoms with van der Waals surface area (Å²) in [5, 5.41) is 15.3. The van der Waals surface area contributed by atoms with Crippen molar-refractivity contribution in [1.82, 2.24) is 30.4 Å². The number of hydrogen-bond acceptors (Lipinski definition) is 5. The first kappa shape index (κ1) is 20.9. The predicted molar refractivity (Wildman–Crippen MR) is 112 cm³/mol. The van der Waals surface area contributed by atoms with E-state index >= 15 is 0 Å². The SMILES string of the molecule is CCNC(=NCCNc1ncnc2c1cnn2C)NC(C)CCC(C)(C)C. The molecule has 8 nitrogen and oxygen atoms in total. The topological polar surface area (TPSA) is 92.1 Å². The van der Waals surface area contributed by atoms with E-state index in [9.17, 15) is 0 Å². The average molecular weight is 375 g/mol. The quantitative estimate of drug-likeness (QED) is 0.374. The Hall–Kier alpha value is -2.38. The molecule has 27 heavy (non-hydrogen) atoms. The van der Waals surface area contributed by atoms with Gasteiger partial charge in [0.05, 0.1) is 18.1 Å². The Morgan fingerprint density at radius 3 is 2.78 bits per heavy atom. The van der Waals surface area contributed by atoms with Gasteiger partial charge in [-0.05, 0) is 32.1 Å². The molecule has 2 aromatic rings. The van der Waals surface area contributed by atoms with E-state index in [1.54, 1.807) is 17.2 Å². The van der Waals surface area contributed by atoms with Crippen LogP contribution in [0, 0.1) is 5.41 Å². The lowest BCUT2D eigenvalue weighted by molar-refractivity contribution is 0.346. The van der Waals surface area contributed by atoms with Crippen LogP contribution in [0.25, 0.3) is 11.0 Å². The zero-order valence-corrected chi connectivity index (χ0v) is 17.5. The highest BCUT2D eigenvalue weighted by atomic mass is 15.3. The summed E-state index contributed by atoms with van der Waals surface area (Å²) in [6.45, 7) is 13.3. The average Bonchev–Trinajstić information content (AvgIpc) is 2.98. The fraction of sp³-hybridized carbons (Fsp3) is 0.684. The van der Waals surface area contributed by atoms with Crippen LogP contribution >= 0.6 is 0 Å². The van der Waals surface area contributed by atoms with Crippen LogP contribution < -0.4 is 16.0 Å². The molecule has 150 valence electrons. The number of fused-ring (bicyclic) bond motifs is 1. The van der Waals surface area contributed by atoms with Gasteiger partial charge in [-0.15, -0.1) is 0 Å². The van der Waals surface area contributed by atoms with Gasteiger partial charge in [-0.1, -0.05) is 20.8 Å². The summed E-state index contributed by atoms with van der Waals surface area (Å²) in [6.07, 6.45) is 5.63. The number of aliphatic imine (C=N–C) groups is 1. The van der Waals surface area contributed by atoms with E-state index in [-0.39, 0.29) is 0 Å². The first-order valence-corrected chi connectivity index (χ1v) is 9.71. The number of nitrogens with zero attached hydrogens (tertiary/aromatic N) is 5. The molecule has 0 saturated carbocycles. The molecule has 1 unspecified atom stereocenters. The minimum atomic E-state index is 0.352. The summed E-state index contributed by atoms with van der Waals surface area (Å²) in [6, 6.07) is 0.381. The standard InChI is InChI=1S/C19H34N8/c1-7-20-18(26-14(2)8-9-19(3,4)5)22-11-10-21-16-15-12-25-27(6)17(15)24-13-23-16/h12-14H,7-11H2,1-6H3,(H2,20,22,26)(H,21,23,24). The second-order valence-electron chi connectivity index (χ2n) is 8.06. The Morgan fingerprint density at radius 1 is 1.30 bits per heavy atom. The fourth-order valence-electron chi connectivity index (χ4n) is 2.72. The third kappa shape index (κ3) is 6.69. The molecule has 0 aliphatic carbocycles. The van der Waals surface area contributed by atoms with E-state index in [0.717, 1.165) is 35.8 Å². The maximum Gasteiger partial charge on any atom is 0.191 e. The monoisotopic (exact) mass is 374 g/mol. The highest BCUT2D eigenvalue weighted by molar-refractivity contribution is 5.86. The highest BCUT2D eigenvalue weighted by Crippen LogP contribution is 2.21. The van der Waals surface area contributed by atoms with E-state index in [2.05, 4.69) is 70.6 Å². The zero-order chi connectivity index (χ0) is 19.9. The number of rotatable bonds is 8. The van der Waals surface area contributed by atoms with E-state index in [1.165, 1.54) is 6.42 Å². The number of aromatic nitrogens is 4. The molecule has 2 rings (SSSR count). The molecule has 8 heteroatoms. The smallest absolute Gasteiger partial charge is 0.191 e. The molecule has 2 aromatic heterocycles. The van der Waals surface area contributed by atoms with E-state index < -0.39 is 0 Å². The first-order valence-electron chi connectivity index (χ1n) is 9.71. The Bertz CT molecular complexity index is 744. The Balaban J connectivity index is 1.87. The summed E-state index contributed by atoms with van der Waals surface area (Å²) in [5.41, 5.74) is 1.17. The Labute approximate surface area is 162 Å². The van der Waals surface area contributed by atoms with E-state index in [0.29, 0.717) is 24.5 Å². The normalized spacial score (nSPS) is 13.6. The number of guanidine groups is 1. The minimum Gasteiger partial charge on any atom is -0.367 e. The summed E-state index contributed by atoms with van der Waals surface area (Å²) in [4.78, 5) is 13.2. The molecule has 3 N–H and O–H groups in total. The van der Waals surface area contributed by atoms with Crippen LogP contribution in [-0.2, 0) is 7.05 Å². The summed E-state index contributed by atoms with van der Waals surface area (Å²) in [5.74, 6) is 1.65. The fourth-order valence-corrected chi connectivity index (χ4v) is 2.72. The molecule has 2 heterocycles. The van der Waals surface area contributed by atoms with Gasteiger partial charge in [0.25, 0.3) is 0 Å². The minimum absolute atomic E-state index is 0.352. The van der Waals surface area contributed by atoms with Crippen LogP contribution in [0.5, 0.6) is 0 Å². The van der Waals surface area contributed by atoms with Crippen LogP contribution in [0.15, 0.2) is 17.5 Å². The zero-order valence-electron chi connectivity index (χ0n) is 17.5. The van der Waals surface area contributed by atoms with Crippen molar-refractivity contribution in [3.8, 4) is 0 Å². The van der Waals surface area contributed by atoms with Gasteiger partial charge in [0.2, 0.25) is 0 Å². The number of hydrogen-bond donors (Lipinski definition) is 3. The molecule has 0 fully saturated rings. The van der Waals surface area contributed by atoms with Gasteiger partial charge in [0.15, 0.2) is 11.6 Å². The van der Waals surface area contributed by atoms with Gasteiger partial charge >= 0.3 is 0 Å². The van der Waals surface area contributed by atoms with Gasteiger partial charge in [-0.3, -0.25) is 9.67 Å². The molecule has 0 aliphatic heterocycles. The lowest BCUT2D eigenvalue weighted by Crippen LogP contribution is -2.42. The third-order valence-corrected chi connectivity index (χ3v) is 4.26. The Kier molecular flexibility index (Phi) is 7.38. The van der Waals surface area contributed by atoms with Crippen LogP contribution in [0.3, 0.4) is 0 Å². The molecule has 0 radical (unpaired) electrons. The van der Waals surface area contributed by atoms with Crippen LogP contribution in [0.1, 0.15) is 47.5 Å². The van der Waals surface area contributed by atoms with E-state index in [1.807, 2.05) is 7.05 Å². The molecule has 0 bridgehead atoms. The van der Waals surface area contributed by atoms with Crippen LogP contribution in [0.4, 0.5) is 5.82 Å². The lowest BCUT2D eigenvalue weighted by atomic mass is 9.89. The van der Waals surface area contributed by atoms with Crippen molar-refractivity contribution in [2.45, 2.75) is 53.5 Å². The van der Waals surface area contributed by atoms with Gasteiger partial charge in [-0.2, -0.15) is 5.10 Å². The van der Waals surface area contributed by atoms with Crippen molar-refractivity contribution in [3.63, 3.8) is 0 Å². The van der Waals surface area contributed by atoms with Crippen molar-refractivity contribution in [3.05, 3.63) is 12.5 Å². The van der Waals surface area contributed by atoms with Crippen molar-refractivity contribution < 1.29 is 0 Å². The van der Waals surface area contributed by atoms with Crippen molar-refractivity contribution in [2.24, 2.45) is 17.5 Å². The van der Waals surface area contributed by atoms with Crippen molar-refractivity contribution in [1.29, 1.82) is 0 Å². The maximum atomic E-state index is 4.67. The first-order chi connectivity index (χ1) is 12.8. The van der Waals surface area contributed by atoms with Crippen molar-refractivity contribution in [2.75, 3.05) is 25.0 Å². The van der Waals surface area contributed by atoms with Crippen LogP contribution in [0.2, 0.25) is 0 Å². The third-order valence-electron chi connectivity index (χ3n) is 4.26. The largest absolute Gasteiger partial charge is 0.367 e. The highest BCUT2D eigenvalue weighted by Gasteiger charge is 2.13. The predicted octanol–water partition coefficient (Wildman–Crippen LogP) is 2.55. The second-order valence-corrected chi connectivity index (χ2v) is 8.06. The molecular formula is C19H34N8. The van der Waals surface area contributed by atoms with Gasteiger partial charge in [-0.25, -0.2) is 9.97 Å². The molecule has 0 amide bonds. The maximum absolute atomic E-state index is 4.67. The molecule has 1 atom stereocenters. The second kappa shape index (κ2) is 9.53. The number of anilines is 1. The molecule has 0 aliphatic rings. The molecule has 0 spiro atoms. The molecular weight excluding hydrogens is 340 g/mol. The van der Waals surface area contributed by atoms with Gasteiger partial charge < -0.3 is 16.0 Å². The van der Waals surface area contributed by atoms with Gasteiger partial charge in [0.1, 0.15) is 12.1 Å². The van der Waals surface area contributed by atoms with Gasteiger partial charge in [0, 0.05) is 26.2 Å². The van der Waals surface area contributed by atoms with Crippen molar-refractivity contribution >= 4 is 22.8 Å². The summed E-state index contributed by atoms with van der Waals surface area (Å²) in [7, 11) is 1.87.